The number of rotatable bonds is 8. The summed E-state index contributed by atoms with van der Waals surface area (Å²) in [5, 5.41) is 18.5. The van der Waals surface area contributed by atoms with Crippen LogP contribution in [0, 0.1) is 5.92 Å². The second kappa shape index (κ2) is 12.5. The van der Waals surface area contributed by atoms with Gasteiger partial charge in [-0.2, -0.15) is 0 Å². The van der Waals surface area contributed by atoms with Gasteiger partial charge >= 0.3 is 71.1 Å². The zero-order chi connectivity index (χ0) is 17.6. The van der Waals surface area contributed by atoms with Gasteiger partial charge in [-0.15, -0.1) is 0 Å². The number of amides is 1. The monoisotopic (exact) mass is 369 g/mol. The number of benzene rings is 1. The van der Waals surface area contributed by atoms with E-state index in [-0.39, 0.29) is 83.3 Å². The van der Waals surface area contributed by atoms with Crippen LogP contribution in [0.2, 0.25) is 0 Å². The number of carbonyl (C=O) groups excluding carboxylic acids is 1. The van der Waals surface area contributed by atoms with Crippen LogP contribution in [0.3, 0.4) is 0 Å². The molecule has 1 rings (SSSR count). The molecule has 0 aliphatic heterocycles. The van der Waals surface area contributed by atoms with E-state index in [1.54, 1.807) is 38.1 Å². The molecule has 1 amide bonds. The van der Waals surface area contributed by atoms with Gasteiger partial charge in [-0.05, 0) is 23.6 Å². The van der Waals surface area contributed by atoms with Crippen molar-refractivity contribution < 1.29 is 29.3 Å². The first-order chi connectivity index (χ1) is 10.7. The fourth-order valence-electron chi connectivity index (χ4n) is 2.07. The fraction of sp³-hybridized carbons (Fsp3) is 0.312. The summed E-state index contributed by atoms with van der Waals surface area (Å²) in [6, 6.07) is 6.35. The Balaban J connectivity index is 0. The molecular formula is C16H21NNa2O6. The minimum atomic E-state index is -1.26. The summed E-state index contributed by atoms with van der Waals surface area (Å²) in [5.41, 5.74) is 5.31. The van der Waals surface area contributed by atoms with Gasteiger partial charge in [0.1, 0.15) is 5.75 Å². The zero-order valence-electron chi connectivity index (χ0n) is 12.9. The maximum atomic E-state index is 11.4. The third kappa shape index (κ3) is 8.89. The van der Waals surface area contributed by atoms with Crippen LogP contribution in [0.4, 0.5) is 0 Å². The Morgan fingerprint density at radius 1 is 1.04 bits per heavy atom. The molecule has 0 fully saturated rings. The first-order valence-electron chi connectivity index (χ1n) is 6.92. The molecule has 0 spiro atoms. The Kier molecular flexibility index (Phi) is 13.2. The molecule has 0 heterocycles. The van der Waals surface area contributed by atoms with E-state index >= 15 is 0 Å². The van der Waals surface area contributed by atoms with Gasteiger partial charge < -0.3 is 20.7 Å². The summed E-state index contributed by atoms with van der Waals surface area (Å²) < 4.78 is 5.10. The van der Waals surface area contributed by atoms with E-state index in [0.29, 0.717) is 11.3 Å². The van der Waals surface area contributed by atoms with Crippen molar-refractivity contribution in [2.75, 3.05) is 6.61 Å². The van der Waals surface area contributed by atoms with E-state index in [2.05, 4.69) is 0 Å². The minimum absolute atomic E-state index is 0. The van der Waals surface area contributed by atoms with E-state index in [1.807, 2.05) is 0 Å². The topological polar surface area (TPSA) is 127 Å². The normalized spacial score (nSPS) is 10.8. The van der Waals surface area contributed by atoms with Crippen LogP contribution < -0.4 is 10.5 Å². The quantitative estimate of drug-likeness (QED) is 0.434. The number of aliphatic carboxylic acids is 2. The molecule has 0 aliphatic carbocycles. The third-order valence-corrected chi connectivity index (χ3v) is 3.08. The molecule has 0 saturated carbocycles. The number of primary amides is 1. The Bertz CT molecular complexity index is 641. The SMILES string of the molecule is CC(C)/C(C(=O)O)=C(\Cc1ccc(OCC(N)=O)cc1)C(=O)O.[NaH].[NaH]. The summed E-state index contributed by atoms with van der Waals surface area (Å²) >= 11 is 0. The molecular weight excluding hydrogens is 348 g/mol. The number of nitrogens with two attached hydrogens (primary N) is 1. The van der Waals surface area contributed by atoms with E-state index in [4.69, 9.17) is 10.5 Å². The Morgan fingerprint density at radius 2 is 1.56 bits per heavy atom. The summed E-state index contributed by atoms with van der Waals surface area (Å²) in [6.07, 6.45) is -0.0226. The van der Waals surface area contributed by atoms with Crippen LogP contribution in [0.1, 0.15) is 19.4 Å². The molecule has 0 atom stereocenters. The van der Waals surface area contributed by atoms with Crippen molar-refractivity contribution >= 4 is 77.0 Å². The second-order valence-electron chi connectivity index (χ2n) is 5.23. The predicted octanol–water partition coefficient (Wildman–Crippen LogP) is -0.0820. The Morgan fingerprint density at radius 3 is 1.92 bits per heavy atom. The van der Waals surface area contributed by atoms with Crippen LogP contribution in [0.25, 0.3) is 0 Å². The molecule has 4 N–H and O–H groups in total. The van der Waals surface area contributed by atoms with Crippen LogP contribution in [0.15, 0.2) is 35.4 Å². The molecule has 0 bridgehead atoms. The van der Waals surface area contributed by atoms with Gasteiger partial charge in [-0.3, -0.25) is 4.79 Å². The maximum absolute atomic E-state index is 11.4. The molecule has 1 aromatic carbocycles. The number of hydrogen-bond donors (Lipinski definition) is 3. The van der Waals surface area contributed by atoms with Crippen molar-refractivity contribution in [2.45, 2.75) is 20.3 Å². The van der Waals surface area contributed by atoms with Crippen molar-refractivity contribution in [2.24, 2.45) is 11.7 Å². The first-order valence-corrected chi connectivity index (χ1v) is 6.92. The van der Waals surface area contributed by atoms with Crippen molar-refractivity contribution in [3.8, 4) is 5.75 Å². The molecule has 1 aromatic rings. The average Bonchev–Trinajstić information content (AvgIpc) is 2.44. The molecule has 0 saturated heterocycles. The van der Waals surface area contributed by atoms with E-state index in [9.17, 15) is 24.6 Å². The summed E-state index contributed by atoms with van der Waals surface area (Å²) in [5.74, 6) is -3.11. The van der Waals surface area contributed by atoms with Gasteiger partial charge in [0.25, 0.3) is 5.91 Å². The Labute approximate surface area is 190 Å². The molecule has 0 radical (unpaired) electrons. The predicted molar refractivity (Wildman–Crippen MR) is 96.3 cm³/mol. The van der Waals surface area contributed by atoms with E-state index in [1.165, 1.54) is 0 Å². The summed E-state index contributed by atoms with van der Waals surface area (Å²) in [6.45, 7) is 3.01. The van der Waals surface area contributed by atoms with Crippen molar-refractivity contribution in [3.05, 3.63) is 41.0 Å². The second-order valence-corrected chi connectivity index (χ2v) is 5.23. The first kappa shape index (κ1) is 26.4. The van der Waals surface area contributed by atoms with Gasteiger partial charge in [0.05, 0.1) is 11.1 Å². The standard InChI is InChI=1S/C16H19NO6.2Na.2H/c1-9(2)14(16(21)22)12(15(19)20)7-10-3-5-11(6-4-10)23-8-13(17)18;;;;/h3-6,9H,7-8H2,1-2H3,(H2,17,18)(H,19,20)(H,21,22);;;;/b14-12-;;;;. The Hall–Kier alpha value is -0.830. The number of carboxylic acid groups (broad SMARTS) is 2. The molecule has 0 aromatic heterocycles. The summed E-state index contributed by atoms with van der Waals surface area (Å²) in [4.78, 5) is 33.3. The number of hydrogen-bond acceptors (Lipinski definition) is 4. The molecule has 128 valence electrons. The van der Waals surface area contributed by atoms with Crippen LogP contribution in [-0.4, -0.2) is 93.8 Å². The molecule has 0 unspecified atom stereocenters. The van der Waals surface area contributed by atoms with Crippen LogP contribution in [0.5, 0.6) is 5.75 Å². The van der Waals surface area contributed by atoms with Gasteiger partial charge in [0.2, 0.25) is 0 Å². The third-order valence-electron chi connectivity index (χ3n) is 3.08. The van der Waals surface area contributed by atoms with Gasteiger partial charge in [0, 0.05) is 6.42 Å². The molecule has 25 heavy (non-hydrogen) atoms. The van der Waals surface area contributed by atoms with Gasteiger partial charge in [0.15, 0.2) is 6.61 Å². The number of carboxylic acids is 2. The fourth-order valence-corrected chi connectivity index (χ4v) is 2.07. The van der Waals surface area contributed by atoms with E-state index < -0.39 is 23.8 Å². The van der Waals surface area contributed by atoms with Crippen molar-refractivity contribution in [1.29, 1.82) is 0 Å². The zero-order valence-corrected chi connectivity index (χ0v) is 12.9. The van der Waals surface area contributed by atoms with Gasteiger partial charge in [-0.1, -0.05) is 26.0 Å². The molecule has 9 heteroatoms. The van der Waals surface area contributed by atoms with Crippen LogP contribution >= 0.6 is 0 Å². The average molecular weight is 369 g/mol. The molecule has 0 aliphatic rings. The van der Waals surface area contributed by atoms with Crippen LogP contribution in [-0.2, 0) is 20.8 Å². The number of carbonyl (C=O) groups is 3. The van der Waals surface area contributed by atoms with Gasteiger partial charge in [-0.25, -0.2) is 9.59 Å². The number of ether oxygens (including phenoxy) is 1. The molecule has 7 nitrogen and oxygen atoms in total. The van der Waals surface area contributed by atoms with E-state index in [0.717, 1.165) is 0 Å². The summed E-state index contributed by atoms with van der Waals surface area (Å²) in [7, 11) is 0. The van der Waals surface area contributed by atoms with Crippen molar-refractivity contribution in [1.82, 2.24) is 0 Å². The van der Waals surface area contributed by atoms with Crippen molar-refractivity contribution in [3.63, 3.8) is 0 Å².